The Balaban J connectivity index is 1.86. The van der Waals surface area contributed by atoms with Crippen LogP contribution in [0.4, 0.5) is 10.5 Å². The topological polar surface area (TPSA) is 61.4 Å². The van der Waals surface area contributed by atoms with Gasteiger partial charge in [-0.25, -0.2) is 4.79 Å². The number of likely N-dealkylation sites (tertiary alicyclic amines) is 1. The summed E-state index contributed by atoms with van der Waals surface area (Å²) in [7, 11) is 0. The molecule has 1 aromatic rings. The molecule has 2 rings (SSSR count). The van der Waals surface area contributed by atoms with Crippen LogP contribution >= 0.6 is 15.9 Å². The van der Waals surface area contributed by atoms with Gasteiger partial charge in [-0.3, -0.25) is 4.79 Å². The number of halogens is 1. The normalized spacial score (nSPS) is 15.6. The standard InChI is InChI=1S/C17H24BrN3O2/c1-11(2)19-17(23)21-8-6-13(7-9-21)16(22)20-14-5-4-12(3)15(18)10-14/h4-5,10-11,13H,6-9H2,1-3H3,(H,19,23)(H,20,22). The fourth-order valence-electron chi connectivity index (χ4n) is 2.60. The van der Waals surface area contributed by atoms with E-state index in [1.807, 2.05) is 39.0 Å². The first-order valence-electron chi connectivity index (χ1n) is 7.99. The van der Waals surface area contributed by atoms with Crippen molar-refractivity contribution in [3.8, 4) is 0 Å². The van der Waals surface area contributed by atoms with Gasteiger partial charge in [0.1, 0.15) is 0 Å². The SMILES string of the molecule is Cc1ccc(NC(=O)C2CCN(C(=O)NC(C)C)CC2)cc1Br. The quantitative estimate of drug-likeness (QED) is 0.840. The summed E-state index contributed by atoms with van der Waals surface area (Å²) in [6, 6.07) is 5.88. The molecule has 0 bridgehead atoms. The first kappa shape index (κ1) is 17.8. The molecule has 1 aliphatic rings. The van der Waals surface area contributed by atoms with E-state index < -0.39 is 0 Å². The molecular weight excluding hydrogens is 358 g/mol. The average Bonchev–Trinajstić information content (AvgIpc) is 2.50. The summed E-state index contributed by atoms with van der Waals surface area (Å²) in [6.45, 7) is 7.13. The molecule has 0 radical (unpaired) electrons. The highest BCUT2D eigenvalue weighted by Gasteiger charge is 2.27. The van der Waals surface area contributed by atoms with E-state index in [1.54, 1.807) is 4.90 Å². The zero-order valence-corrected chi connectivity index (χ0v) is 15.4. The summed E-state index contributed by atoms with van der Waals surface area (Å²) >= 11 is 3.47. The highest BCUT2D eigenvalue weighted by Crippen LogP contribution is 2.23. The van der Waals surface area contributed by atoms with Gasteiger partial charge in [-0.15, -0.1) is 0 Å². The zero-order valence-electron chi connectivity index (χ0n) is 13.9. The molecule has 1 saturated heterocycles. The van der Waals surface area contributed by atoms with Crippen LogP contribution in [-0.2, 0) is 4.79 Å². The molecule has 0 spiro atoms. The highest BCUT2D eigenvalue weighted by atomic mass is 79.9. The Bertz CT molecular complexity index is 581. The molecule has 126 valence electrons. The molecule has 1 heterocycles. The predicted molar refractivity (Wildman–Crippen MR) is 95.5 cm³/mol. The lowest BCUT2D eigenvalue weighted by Gasteiger charge is -2.32. The van der Waals surface area contributed by atoms with E-state index in [1.165, 1.54) is 0 Å². The Morgan fingerprint density at radius 2 is 1.91 bits per heavy atom. The summed E-state index contributed by atoms with van der Waals surface area (Å²) in [5, 5.41) is 5.86. The number of benzene rings is 1. The van der Waals surface area contributed by atoms with Crippen molar-refractivity contribution in [2.75, 3.05) is 18.4 Å². The number of aryl methyl sites for hydroxylation is 1. The molecule has 0 unspecified atom stereocenters. The fourth-order valence-corrected chi connectivity index (χ4v) is 2.98. The van der Waals surface area contributed by atoms with E-state index in [-0.39, 0.29) is 23.9 Å². The first-order chi connectivity index (χ1) is 10.9. The summed E-state index contributed by atoms with van der Waals surface area (Å²) in [4.78, 5) is 26.1. The summed E-state index contributed by atoms with van der Waals surface area (Å²) in [5.41, 5.74) is 1.93. The molecule has 5 nitrogen and oxygen atoms in total. The second kappa shape index (κ2) is 7.81. The molecule has 0 aliphatic carbocycles. The molecule has 1 aromatic carbocycles. The third kappa shape index (κ3) is 4.96. The van der Waals surface area contributed by atoms with Crippen molar-refractivity contribution >= 4 is 33.6 Å². The van der Waals surface area contributed by atoms with Crippen LogP contribution in [0, 0.1) is 12.8 Å². The van der Waals surface area contributed by atoms with E-state index in [9.17, 15) is 9.59 Å². The van der Waals surface area contributed by atoms with Crippen molar-refractivity contribution in [2.45, 2.75) is 39.7 Å². The van der Waals surface area contributed by atoms with Crippen molar-refractivity contribution in [1.29, 1.82) is 0 Å². The van der Waals surface area contributed by atoms with Crippen molar-refractivity contribution < 1.29 is 9.59 Å². The number of urea groups is 1. The molecule has 0 saturated carbocycles. The van der Waals surface area contributed by atoms with Gasteiger partial charge in [0.2, 0.25) is 5.91 Å². The van der Waals surface area contributed by atoms with Crippen molar-refractivity contribution in [2.24, 2.45) is 5.92 Å². The molecule has 2 N–H and O–H groups in total. The van der Waals surface area contributed by atoms with Crippen molar-refractivity contribution in [3.63, 3.8) is 0 Å². The molecule has 0 aromatic heterocycles. The summed E-state index contributed by atoms with van der Waals surface area (Å²) in [6.07, 6.45) is 1.40. The van der Waals surface area contributed by atoms with Gasteiger partial charge < -0.3 is 15.5 Å². The number of carbonyl (C=O) groups excluding carboxylic acids is 2. The van der Waals surface area contributed by atoms with E-state index in [4.69, 9.17) is 0 Å². The number of nitrogens with zero attached hydrogens (tertiary/aromatic N) is 1. The molecule has 3 amide bonds. The average molecular weight is 382 g/mol. The maximum absolute atomic E-state index is 12.4. The van der Waals surface area contributed by atoms with Gasteiger partial charge in [-0.05, 0) is 51.3 Å². The number of rotatable bonds is 3. The largest absolute Gasteiger partial charge is 0.336 e. The maximum Gasteiger partial charge on any atom is 0.317 e. The molecule has 23 heavy (non-hydrogen) atoms. The fraction of sp³-hybridized carbons (Fsp3) is 0.529. The molecule has 6 heteroatoms. The Labute approximate surface area is 145 Å². The number of carbonyl (C=O) groups is 2. The third-order valence-electron chi connectivity index (χ3n) is 4.00. The Morgan fingerprint density at radius 3 is 2.48 bits per heavy atom. The van der Waals surface area contributed by atoms with Gasteiger partial charge in [-0.2, -0.15) is 0 Å². The van der Waals surface area contributed by atoms with Gasteiger partial charge in [0.25, 0.3) is 0 Å². The summed E-state index contributed by atoms with van der Waals surface area (Å²) in [5.74, 6) is -0.0113. The van der Waals surface area contributed by atoms with Crippen LogP contribution in [0.2, 0.25) is 0 Å². The van der Waals surface area contributed by atoms with Crippen molar-refractivity contribution in [3.05, 3.63) is 28.2 Å². The van der Waals surface area contributed by atoms with Crippen LogP contribution in [-0.4, -0.2) is 36.0 Å². The van der Waals surface area contributed by atoms with E-state index in [0.29, 0.717) is 25.9 Å². The Kier molecular flexibility index (Phi) is 6.04. The number of hydrogen-bond acceptors (Lipinski definition) is 2. The molecule has 1 fully saturated rings. The minimum absolute atomic E-state index is 0.0321. The van der Waals surface area contributed by atoms with Gasteiger partial charge in [-0.1, -0.05) is 22.0 Å². The van der Waals surface area contributed by atoms with Gasteiger partial charge in [0.15, 0.2) is 0 Å². The third-order valence-corrected chi connectivity index (χ3v) is 4.86. The van der Waals surface area contributed by atoms with Crippen LogP contribution in [0.25, 0.3) is 0 Å². The lowest BCUT2D eigenvalue weighted by atomic mass is 9.96. The highest BCUT2D eigenvalue weighted by molar-refractivity contribution is 9.10. The van der Waals surface area contributed by atoms with E-state index in [0.717, 1.165) is 15.7 Å². The van der Waals surface area contributed by atoms with E-state index >= 15 is 0 Å². The lowest BCUT2D eigenvalue weighted by Crippen LogP contribution is -2.47. The van der Waals surface area contributed by atoms with Crippen LogP contribution in [0.15, 0.2) is 22.7 Å². The summed E-state index contributed by atoms with van der Waals surface area (Å²) < 4.78 is 0.982. The molecule has 1 aliphatic heterocycles. The Hall–Kier alpha value is -1.56. The minimum atomic E-state index is -0.0434. The van der Waals surface area contributed by atoms with Gasteiger partial charge in [0, 0.05) is 35.2 Å². The minimum Gasteiger partial charge on any atom is -0.336 e. The van der Waals surface area contributed by atoms with E-state index in [2.05, 4.69) is 26.6 Å². The van der Waals surface area contributed by atoms with Crippen LogP contribution in [0.3, 0.4) is 0 Å². The number of hydrogen-bond donors (Lipinski definition) is 2. The Morgan fingerprint density at radius 1 is 1.26 bits per heavy atom. The smallest absolute Gasteiger partial charge is 0.317 e. The second-order valence-electron chi connectivity index (χ2n) is 6.32. The van der Waals surface area contributed by atoms with Crippen LogP contribution in [0.1, 0.15) is 32.3 Å². The van der Waals surface area contributed by atoms with Crippen molar-refractivity contribution in [1.82, 2.24) is 10.2 Å². The van der Waals surface area contributed by atoms with Crippen LogP contribution in [0.5, 0.6) is 0 Å². The molecular formula is C17H24BrN3O2. The number of anilines is 1. The zero-order chi connectivity index (χ0) is 17.0. The second-order valence-corrected chi connectivity index (χ2v) is 7.17. The maximum atomic E-state index is 12.4. The molecule has 0 atom stereocenters. The predicted octanol–water partition coefficient (Wildman–Crippen LogP) is 3.53. The monoisotopic (exact) mass is 381 g/mol. The number of nitrogens with one attached hydrogen (secondary N) is 2. The first-order valence-corrected chi connectivity index (χ1v) is 8.78. The van der Waals surface area contributed by atoms with Gasteiger partial charge >= 0.3 is 6.03 Å². The lowest BCUT2D eigenvalue weighted by molar-refractivity contribution is -0.121. The van der Waals surface area contributed by atoms with Gasteiger partial charge in [0.05, 0.1) is 0 Å². The van der Waals surface area contributed by atoms with Crippen LogP contribution < -0.4 is 10.6 Å². The number of piperidine rings is 1. The number of amides is 3.